The van der Waals surface area contributed by atoms with Crippen LogP contribution in [0, 0.1) is 0 Å². The van der Waals surface area contributed by atoms with E-state index in [1.807, 2.05) is 30.3 Å². The van der Waals surface area contributed by atoms with E-state index in [0.29, 0.717) is 12.1 Å². The van der Waals surface area contributed by atoms with Crippen LogP contribution < -0.4 is 10.6 Å². The molecular weight excluding hydrogens is 352 g/mol. The maximum atomic E-state index is 12.2. The molecule has 2 aromatic rings. The summed E-state index contributed by atoms with van der Waals surface area (Å²) in [7, 11) is 0. The van der Waals surface area contributed by atoms with E-state index in [1.165, 1.54) is 16.0 Å². The first-order chi connectivity index (χ1) is 11.8. The molecule has 1 amide bonds. The zero-order valence-corrected chi connectivity index (χ0v) is 15.7. The van der Waals surface area contributed by atoms with Gasteiger partial charge in [0.15, 0.2) is 0 Å². The first-order valence-electron chi connectivity index (χ1n) is 8.25. The Kier molecular flexibility index (Phi) is 8.06. The van der Waals surface area contributed by atoms with Crippen molar-refractivity contribution in [3.05, 3.63) is 77.4 Å². The maximum absolute atomic E-state index is 12.2. The van der Waals surface area contributed by atoms with Crippen molar-refractivity contribution in [1.29, 1.82) is 0 Å². The lowest BCUT2D eigenvalue weighted by atomic mass is 10.1. The van der Waals surface area contributed by atoms with E-state index >= 15 is 0 Å². The van der Waals surface area contributed by atoms with Gasteiger partial charge in [-0.05, 0) is 42.8 Å². The molecule has 0 aromatic heterocycles. The molecule has 0 radical (unpaired) electrons. The van der Waals surface area contributed by atoms with Crippen LogP contribution in [-0.2, 0) is 5.75 Å². The van der Waals surface area contributed by atoms with Crippen LogP contribution in [0.5, 0.6) is 0 Å². The van der Waals surface area contributed by atoms with Crippen molar-refractivity contribution in [3.63, 3.8) is 0 Å². The van der Waals surface area contributed by atoms with Crippen LogP contribution in [0.1, 0.15) is 22.3 Å². The second-order valence-electron chi connectivity index (χ2n) is 5.80. The Labute approximate surface area is 159 Å². The minimum Gasteiger partial charge on any atom is -0.348 e. The molecule has 0 unspecified atom stereocenters. The number of hydrogen-bond acceptors (Lipinski definition) is 3. The maximum Gasteiger partial charge on any atom is 0.251 e. The summed E-state index contributed by atoms with van der Waals surface area (Å²) in [5.74, 6) is 0.934. The van der Waals surface area contributed by atoms with Crippen molar-refractivity contribution < 1.29 is 4.79 Å². The number of hydrogen-bond donors (Lipinski definition) is 2. The standard InChI is InChI=1S/C20H22N2OS.ClH/c23-20(22-14-16-10-12-21-13-11-16)18-6-8-19(9-7-18)24-15-17-4-2-1-3-5-17;/h1-10,21H,11-15H2,(H,22,23);1H. The van der Waals surface area contributed by atoms with Crippen molar-refractivity contribution in [2.45, 2.75) is 17.1 Å². The third kappa shape index (κ3) is 6.24. The molecule has 3 rings (SSSR count). The van der Waals surface area contributed by atoms with Crippen molar-refractivity contribution in [3.8, 4) is 0 Å². The summed E-state index contributed by atoms with van der Waals surface area (Å²) < 4.78 is 0. The number of amides is 1. The van der Waals surface area contributed by atoms with Gasteiger partial charge in [0.1, 0.15) is 0 Å². The van der Waals surface area contributed by atoms with Crippen LogP contribution in [-0.4, -0.2) is 25.5 Å². The summed E-state index contributed by atoms with van der Waals surface area (Å²) in [5.41, 5.74) is 3.32. The number of thioether (sulfide) groups is 1. The Morgan fingerprint density at radius 2 is 1.84 bits per heavy atom. The Balaban J connectivity index is 0.00000225. The predicted molar refractivity (Wildman–Crippen MR) is 108 cm³/mol. The minimum atomic E-state index is -0.00552. The normalized spacial score (nSPS) is 13.5. The molecule has 0 saturated carbocycles. The Bertz CT molecular complexity index is 701. The quantitative estimate of drug-likeness (QED) is 0.592. The molecule has 1 aliphatic rings. The highest BCUT2D eigenvalue weighted by Crippen LogP contribution is 2.23. The summed E-state index contributed by atoms with van der Waals surface area (Å²) in [6.07, 6.45) is 3.17. The van der Waals surface area contributed by atoms with Crippen LogP contribution >= 0.6 is 24.2 Å². The smallest absolute Gasteiger partial charge is 0.251 e. The Morgan fingerprint density at radius 1 is 1.08 bits per heavy atom. The highest BCUT2D eigenvalue weighted by molar-refractivity contribution is 7.98. The number of rotatable bonds is 6. The summed E-state index contributed by atoms with van der Waals surface area (Å²) in [4.78, 5) is 13.4. The monoisotopic (exact) mass is 374 g/mol. The number of halogens is 1. The average molecular weight is 375 g/mol. The highest BCUT2D eigenvalue weighted by atomic mass is 35.5. The second-order valence-corrected chi connectivity index (χ2v) is 6.85. The van der Waals surface area contributed by atoms with Gasteiger partial charge in [0.25, 0.3) is 5.91 Å². The Morgan fingerprint density at radius 3 is 2.52 bits per heavy atom. The summed E-state index contributed by atoms with van der Waals surface area (Å²) >= 11 is 1.78. The molecule has 0 spiro atoms. The predicted octanol–water partition coefficient (Wildman–Crippen LogP) is 4.05. The zero-order valence-electron chi connectivity index (χ0n) is 14.0. The van der Waals surface area contributed by atoms with E-state index in [4.69, 9.17) is 0 Å². The third-order valence-corrected chi connectivity index (χ3v) is 5.08. The van der Waals surface area contributed by atoms with Gasteiger partial charge in [-0.3, -0.25) is 4.79 Å². The molecule has 2 N–H and O–H groups in total. The molecule has 3 nitrogen and oxygen atoms in total. The number of nitrogens with one attached hydrogen (secondary N) is 2. The van der Waals surface area contributed by atoms with Gasteiger partial charge in [0.05, 0.1) is 0 Å². The summed E-state index contributed by atoms with van der Waals surface area (Å²) in [6, 6.07) is 18.2. The SMILES string of the molecule is Cl.O=C(NCC1=CCNCC1)c1ccc(SCc2ccccc2)cc1. The van der Waals surface area contributed by atoms with Crippen LogP contribution in [0.2, 0.25) is 0 Å². The fraction of sp³-hybridized carbons (Fsp3) is 0.250. The van der Waals surface area contributed by atoms with Gasteiger partial charge >= 0.3 is 0 Å². The van der Waals surface area contributed by atoms with Gasteiger partial charge < -0.3 is 10.6 Å². The number of carbonyl (C=O) groups is 1. The lowest BCUT2D eigenvalue weighted by Gasteiger charge is -2.14. The van der Waals surface area contributed by atoms with Crippen LogP contribution in [0.15, 0.2) is 71.1 Å². The van der Waals surface area contributed by atoms with Crippen LogP contribution in [0.4, 0.5) is 0 Å². The van der Waals surface area contributed by atoms with Gasteiger partial charge in [-0.25, -0.2) is 0 Å². The lowest BCUT2D eigenvalue weighted by molar-refractivity contribution is 0.0956. The second kappa shape index (κ2) is 10.3. The largest absolute Gasteiger partial charge is 0.348 e. The average Bonchev–Trinajstić information content (AvgIpc) is 2.66. The van der Waals surface area contributed by atoms with Gasteiger partial charge in [0.2, 0.25) is 0 Å². The molecule has 0 bridgehead atoms. The van der Waals surface area contributed by atoms with E-state index in [2.05, 4.69) is 41.0 Å². The van der Waals surface area contributed by atoms with E-state index in [-0.39, 0.29) is 18.3 Å². The number of benzene rings is 2. The fourth-order valence-corrected chi connectivity index (χ4v) is 3.42. The topological polar surface area (TPSA) is 41.1 Å². The molecule has 2 aromatic carbocycles. The molecule has 1 aliphatic heterocycles. The van der Waals surface area contributed by atoms with Gasteiger partial charge in [-0.1, -0.05) is 42.0 Å². The molecule has 5 heteroatoms. The minimum absolute atomic E-state index is 0. The Hall–Kier alpha value is -1.75. The lowest BCUT2D eigenvalue weighted by Crippen LogP contribution is -2.29. The number of carbonyl (C=O) groups excluding carboxylic acids is 1. The van der Waals surface area contributed by atoms with Crippen LogP contribution in [0.25, 0.3) is 0 Å². The molecule has 0 atom stereocenters. The van der Waals surface area contributed by atoms with E-state index in [0.717, 1.165) is 25.3 Å². The van der Waals surface area contributed by atoms with Gasteiger partial charge in [-0.15, -0.1) is 24.2 Å². The van der Waals surface area contributed by atoms with Gasteiger partial charge in [0, 0.05) is 29.3 Å². The first-order valence-corrected chi connectivity index (χ1v) is 9.23. The van der Waals surface area contributed by atoms with E-state index < -0.39 is 0 Å². The highest BCUT2D eigenvalue weighted by Gasteiger charge is 2.08. The van der Waals surface area contributed by atoms with E-state index in [1.54, 1.807) is 11.8 Å². The summed E-state index contributed by atoms with van der Waals surface area (Å²) in [5, 5.41) is 6.28. The molecular formula is C20H23ClN2OS. The van der Waals surface area contributed by atoms with Crippen molar-refractivity contribution >= 4 is 30.1 Å². The van der Waals surface area contributed by atoms with Crippen molar-refractivity contribution in [2.75, 3.05) is 19.6 Å². The van der Waals surface area contributed by atoms with Crippen LogP contribution in [0.3, 0.4) is 0 Å². The van der Waals surface area contributed by atoms with Crippen molar-refractivity contribution in [2.24, 2.45) is 0 Å². The molecule has 0 fully saturated rings. The molecule has 132 valence electrons. The van der Waals surface area contributed by atoms with E-state index in [9.17, 15) is 4.79 Å². The van der Waals surface area contributed by atoms with Gasteiger partial charge in [-0.2, -0.15) is 0 Å². The van der Waals surface area contributed by atoms with Crippen molar-refractivity contribution in [1.82, 2.24) is 10.6 Å². The molecule has 0 aliphatic carbocycles. The zero-order chi connectivity index (χ0) is 16.6. The molecule has 1 heterocycles. The third-order valence-electron chi connectivity index (χ3n) is 4.00. The first kappa shape index (κ1) is 19.6. The molecule has 0 saturated heterocycles. The fourth-order valence-electron chi connectivity index (χ4n) is 2.57. The molecule has 25 heavy (non-hydrogen) atoms. The summed E-state index contributed by atoms with van der Waals surface area (Å²) in [6.45, 7) is 2.54.